The second-order valence-corrected chi connectivity index (χ2v) is 28.0. The Kier molecular flexibility index (Phi) is 18.2. The Balaban J connectivity index is 0.913. The first-order valence-corrected chi connectivity index (χ1v) is 29.7. The van der Waals surface area contributed by atoms with E-state index >= 15 is 4.79 Å². The van der Waals surface area contributed by atoms with Gasteiger partial charge in [-0.2, -0.15) is 0 Å². The summed E-state index contributed by atoms with van der Waals surface area (Å²) in [6.45, 7) is 10.2. The zero-order chi connectivity index (χ0) is 61.3. The molecule has 5 aliphatic heterocycles. The van der Waals surface area contributed by atoms with Crippen LogP contribution < -0.4 is 0 Å². The lowest BCUT2D eigenvalue weighted by Gasteiger charge is -2.72. The number of fused-ring (bicyclic) bond motifs is 7. The molecule has 10 aliphatic rings. The molecule has 27 heteroatoms. The molecule has 0 aromatic carbocycles. The highest BCUT2D eigenvalue weighted by Gasteiger charge is 2.73. The number of allylic oxidation sites excluding steroid dienone is 2. The number of carbonyl (C=O) groups excluding carboxylic acids is 1. The van der Waals surface area contributed by atoms with Crippen LogP contribution >= 0.6 is 0 Å². The molecule has 0 aromatic rings. The molecular formula is C57H92O27. The fourth-order valence-corrected chi connectivity index (χ4v) is 17.4. The normalized spacial score (nSPS) is 55.6. The Hall–Kier alpha value is -1.79. The van der Waals surface area contributed by atoms with Gasteiger partial charge in [0.2, 0.25) is 6.29 Å². The van der Waals surface area contributed by atoms with E-state index in [1.807, 2.05) is 6.92 Å². The maximum absolute atomic E-state index is 15.6. The van der Waals surface area contributed by atoms with E-state index in [4.69, 9.17) is 47.4 Å². The predicted molar refractivity (Wildman–Crippen MR) is 280 cm³/mol. The average molecular weight is 1210 g/mol. The Bertz CT molecular complexity index is 2370. The van der Waals surface area contributed by atoms with E-state index in [2.05, 4.69) is 40.7 Å². The number of carbonyl (C=O) groups is 1. The maximum Gasteiger partial charge on any atom is 0.317 e. The van der Waals surface area contributed by atoms with Gasteiger partial charge in [0.05, 0.1) is 64.1 Å². The molecule has 482 valence electrons. The molecular weight excluding hydrogens is 1120 g/mol. The molecule has 0 spiro atoms. The van der Waals surface area contributed by atoms with E-state index < -0.39 is 226 Å². The summed E-state index contributed by atoms with van der Waals surface area (Å²) in [5, 5.41) is 176. The topological polar surface area (TPSA) is 433 Å². The zero-order valence-electron chi connectivity index (χ0n) is 48.6. The van der Waals surface area contributed by atoms with Crippen molar-refractivity contribution in [3.63, 3.8) is 0 Å². The Morgan fingerprint density at radius 2 is 1.24 bits per heavy atom. The van der Waals surface area contributed by atoms with Gasteiger partial charge in [0.25, 0.3) is 0 Å². The summed E-state index contributed by atoms with van der Waals surface area (Å²) in [7, 11) is 0. The number of hydrogen-bond donors (Lipinski definition) is 16. The van der Waals surface area contributed by atoms with Crippen molar-refractivity contribution in [2.24, 2.45) is 50.2 Å². The van der Waals surface area contributed by atoms with E-state index in [-0.39, 0.29) is 36.5 Å². The Morgan fingerprint density at radius 3 is 1.89 bits per heavy atom. The molecule has 10 rings (SSSR count). The molecule has 32 atom stereocenters. The number of aliphatic hydroxyl groups excluding tert-OH is 15. The monoisotopic (exact) mass is 1210 g/mol. The molecule has 16 N–H and O–H groups in total. The second-order valence-electron chi connectivity index (χ2n) is 28.0. The van der Waals surface area contributed by atoms with Gasteiger partial charge in [0, 0.05) is 5.41 Å². The molecule has 27 nitrogen and oxygen atoms in total. The van der Waals surface area contributed by atoms with Crippen LogP contribution in [0.4, 0.5) is 0 Å². The predicted octanol–water partition coefficient (Wildman–Crippen LogP) is -4.35. The first-order valence-electron chi connectivity index (χ1n) is 29.7. The van der Waals surface area contributed by atoms with Gasteiger partial charge >= 0.3 is 5.97 Å². The molecule has 5 aliphatic carbocycles. The van der Waals surface area contributed by atoms with Crippen LogP contribution in [0.1, 0.15) is 99.8 Å². The highest BCUT2D eigenvalue weighted by atomic mass is 16.8. The number of ether oxygens (including phenoxy) is 10. The number of esters is 1. The third kappa shape index (κ3) is 10.4. The molecule has 0 bridgehead atoms. The Labute approximate surface area is 486 Å². The van der Waals surface area contributed by atoms with E-state index in [0.717, 1.165) is 5.57 Å². The molecule has 0 aromatic heterocycles. The van der Waals surface area contributed by atoms with Crippen molar-refractivity contribution in [3.8, 4) is 0 Å². The first-order chi connectivity index (χ1) is 39.3. The van der Waals surface area contributed by atoms with Crippen molar-refractivity contribution >= 4 is 5.97 Å². The molecule has 0 amide bonds. The quantitative estimate of drug-likeness (QED) is 0.0471. The lowest BCUT2D eigenvalue weighted by molar-refractivity contribution is -0.381. The largest absolute Gasteiger partial charge is 0.432 e. The summed E-state index contributed by atoms with van der Waals surface area (Å²) in [5.41, 5.74) is -6.27. The summed E-state index contributed by atoms with van der Waals surface area (Å²) >= 11 is 0. The van der Waals surface area contributed by atoms with E-state index in [0.29, 0.717) is 32.1 Å². The summed E-state index contributed by atoms with van der Waals surface area (Å²) in [6.07, 6.45) is -31.9. The number of hydrogen-bond acceptors (Lipinski definition) is 27. The van der Waals surface area contributed by atoms with Crippen LogP contribution in [0, 0.1) is 50.2 Å². The fraction of sp³-hybridized carbons (Fsp3) is 0.947. The van der Waals surface area contributed by atoms with Gasteiger partial charge in [-0.15, -0.1) is 0 Å². The van der Waals surface area contributed by atoms with Crippen LogP contribution in [0.3, 0.4) is 0 Å². The smallest absolute Gasteiger partial charge is 0.317 e. The second kappa shape index (κ2) is 23.5. The first kappa shape index (κ1) is 65.2. The van der Waals surface area contributed by atoms with Crippen molar-refractivity contribution in [2.45, 2.75) is 247 Å². The maximum atomic E-state index is 15.6. The number of rotatable bonds is 13. The van der Waals surface area contributed by atoms with Gasteiger partial charge in [0.1, 0.15) is 90.4 Å². The third-order valence-corrected chi connectivity index (χ3v) is 22.6. The summed E-state index contributed by atoms with van der Waals surface area (Å²) in [4.78, 5) is 15.6. The molecule has 4 saturated carbocycles. The summed E-state index contributed by atoms with van der Waals surface area (Å²) < 4.78 is 59.7. The molecule has 2 unspecified atom stereocenters. The van der Waals surface area contributed by atoms with Crippen molar-refractivity contribution < 1.29 is 134 Å². The van der Waals surface area contributed by atoms with Crippen LogP contribution in [0.2, 0.25) is 0 Å². The Morgan fingerprint density at radius 1 is 0.607 bits per heavy atom. The fourth-order valence-electron chi connectivity index (χ4n) is 17.4. The van der Waals surface area contributed by atoms with E-state index in [1.54, 1.807) is 0 Å². The average Bonchev–Trinajstić information content (AvgIpc) is 0.782. The highest BCUT2D eigenvalue weighted by Crippen LogP contribution is 2.76. The van der Waals surface area contributed by atoms with Gasteiger partial charge < -0.3 is 129 Å². The van der Waals surface area contributed by atoms with Crippen molar-refractivity contribution in [1.29, 1.82) is 0 Å². The van der Waals surface area contributed by atoms with Crippen LogP contribution in [-0.2, 0) is 52.2 Å². The lowest BCUT2D eigenvalue weighted by atomic mass is 9.33. The minimum absolute atomic E-state index is 0.107. The van der Waals surface area contributed by atoms with E-state index in [9.17, 15) is 81.7 Å². The molecule has 9 fully saturated rings. The van der Waals surface area contributed by atoms with Gasteiger partial charge in [-0.25, -0.2) is 0 Å². The third-order valence-electron chi connectivity index (χ3n) is 22.6. The molecule has 5 saturated heterocycles. The van der Waals surface area contributed by atoms with Crippen LogP contribution in [-0.4, -0.2) is 274 Å². The van der Waals surface area contributed by atoms with Crippen molar-refractivity contribution in [2.75, 3.05) is 39.6 Å². The van der Waals surface area contributed by atoms with Crippen molar-refractivity contribution in [3.05, 3.63) is 11.6 Å². The van der Waals surface area contributed by atoms with Crippen LogP contribution in [0.15, 0.2) is 11.6 Å². The standard InChI is InChI=1S/C57H92O27/c1-23-40(80-45-37(69)33(65)27(62)18-75-45)41(81-49-43(72)56(74,21-60)22-77-49)39(71)47(78-23)82-42-34(66)28(63)19-76-48(42)84-50(73)57-13-12-51(2,3)14-25(57)24-8-9-31-52(4)15-26(61)44(83-46-38(70)36(68)35(67)29(17-58)79-46)53(5,20-59)30(52)10-11-54(31,6)55(24,7)16-32(57)64/h8,23,25-49,58-72,74H,9-22H2,1-7H3/t23-,25?,26-,27+,28-,29+,30?,31+,32+,33-,34-,35+,36-,37+,38+,39+,40-,41-,42+,43-,44-,45-,46-,47-,48-,49-,52-,53-,54+,55+,56+,57+/m0/s1. The minimum atomic E-state index is -2.18. The minimum Gasteiger partial charge on any atom is -0.432 e. The van der Waals surface area contributed by atoms with Gasteiger partial charge in [0.15, 0.2) is 31.3 Å². The van der Waals surface area contributed by atoms with Gasteiger partial charge in [-0.3, -0.25) is 4.79 Å². The summed E-state index contributed by atoms with van der Waals surface area (Å²) in [5.74, 6) is -1.90. The summed E-state index contributed by atoms with van der Waals surface area (Å²) in [6, 6.07) is 0. The lowest BCUT2D eigenvalue weighted by Crippen LogP contribution is -2.70. The molecule has 0 radical (unpaired) electrons. The van der Waals surface area contributed by atoms with Crippen LogP contribution in [0.5, 0.6) is 0 Å². The SMILES string of the molecule is C[C@@H]1O[C@@H](O[C@H]2[C@H](OC(=O)[C@]34CCC(C)(C)CC3C3=CC[C@@H]5[C@@]6(C)C[C@H](O)[C@H](O[C@@H]7O[C@H](CO)[C@@H](O)[C@H](O)[C@H]7O)[C@@](C)(CO)C6CC[C@@]5(C)[C@]3(C)C[C@H]4O)OC[C@H](O)[C@@H]2O)[C@H](O)[C@H](O[C@@H]2OC[C@](O)(CO)[C@H]2O)[C@H]1O[C@@H]1OC[C@@H](O)[C@H](O)[C@H]1O. The van der Waals surface area contributed by atoms with Gasteiger partial charge in [-0.1, -0.05) is 53.2 Å². The highest BCUT2D eigenvalue weighted by molar-refractivity contribution is 5.80. The molecule has 84 heavy (non-hydrogen) atoms. The van der Waals surface area contributed by atoms with Gasteiger partial charge in [-0.05, 0) is 97.7 Å². The molecule has 5 heterocycles. The van der Waals surface area contributed by atoms with Crippen molar-refractivity contribution in [1.82, 2.24) is 0 Å². The zero-order valence-corrected chi connectivity index (χ0v) is 48.6. The van der Waals surface area contributed by atoms with E-state index in [1.165, 1.54) is 6.92 Å². The number of aliphatic hydroxyl groups is 16. The van der Waals surface area contributed by atoms with Crippen LogP contribution in [0.25, 0.3) is 0 Å².